The number of rotatable bonds is 4. The molecule has 1 aromatic rings. The quantitative estimate of drug-likeness (QED) is 0.739. The first-order chi connectivity index (χ1) is 8.70. The largest absolute Gasteiger partial charge is 0.490 e. The third kappa shape index (κ3) is 2.70. The van der Waals surface area contributed by atoms with Gasteiger partial charge < -0.3 is 19.9 Å². The molecule has 6 nitrogen and oxygen atoms in total. The Morgan fingerprint density at radius 3 is 3.28 bits per heavy atom. The van der Waals surface area contributed by atoms with Crippen molar-refractivity contribution >= 4 is 5.91 Å². The minimum absolute atomic E-state index is 0.0400. The molecule has 0 aromatic heterocycles. The van der Waals surface area contributed by atoms with Crippen LogP contribution in [-0.4, -0.2) is 30.8 Å². The summed E-state index contributed by atoms with van der Waals surface area (Å²) >= 11 is 0. The Labute approximate surface area is 104 Å². The molecular formula is C12H12N2O4. The fourth-order valence-electron chi connectivity index (χ4n) is 1.60. The molecule has 1 unspecified atom stereocenters. The Balaban J connectivity index is 1.91. The summed E-state index contributed by atoms with van der Waals surface area (Å²) in [6.45, 7) is 0.0339. The van der Waals surface area contributed by atoms with E-state index in [1.807, 2.05) is 0 Å². The molecule has 0 saturated carbocycles. The number of benzene rings is 1. The van der Waals surface area contributed by atoms with E-state index < -0.39 is 6.10 Å². The van der Waals surface area contributed by atoms with E-state index in [0.29, 0.717) is 11.5 Å². The zero-order valence-corrected chi connectivity index (χ0v) is 9.55. The summed E-state index contributed by atoms with van der Waals surface area (Å²) in [5, 5.41) is 20.2. The van der Waals surface area contributed by atoms with Crippen molar-refractivity contribution in [2.75, 3.05) is 19.8 Å². The zero-order chi connectivity index (χ0) is 13.0. The highest BCUT2D eigenvalue weighted by Gasteiger charge is 2.22. The number of carbonyl (C=O) groups excluding carboxylic acids is 1. The molecular weight excluding hydrogens is 236 g/mol. The lowest BCUT2D eigenvalue weighted by Gasteiger charge is -2.07. The second kappa shape index (κ2) is 5.38. The van der Waals surface area contributed by atoms with Crippen LogP contribution < -0.4 is 14.8 Å². The first-order valence-electron chi connectivity index (χ1n) is 5.42. The fourth-order valence-corrected chi connectivity index (χ4v) is 1.60. The van der Waals surface area contributed by atoms with Crippen LogP contribution in [0.25, 0.3) is 0 Å². The lowest BCUT2D eigenvalue weighted by molar-refractivity contribution is -0.122. The van der Waals surface area contributed by atoms with Crippen molar-refractivity contribution in [3.8, 4) is 17.6 Å². The average Bonchev–Trinajstić information content (AvgIpc) is 2.75. The normalized spacial score (nSPS) is 16.3. The topological polar surface area (TPSA) is 91.6 Å². The molecule has 0 aliphatic carbocycles. The van der Waals surface area contributed by atoms with Gasteiger partial charge in [-0.3, -0.25) is 4.79 Å². The number of aliphatic hydroxyl groups excluding tert-OH is 1. The molecule has 1 aliphatic rings. The third-order valence-corrected chi connectivity index (χ3v) is 2.48. The van der Waals surface area contributed by atoms with Gasteiger partial charge in [0.1, 0.15) is 30.8 Å². The molecule has 1 aliphatic heterocycles. The van der Waals surface area contributed by atoms with Gasteiger partial charge in [0.25, 0.3) is 5.91 Å². The van der Waals surface area contributed by atoms with E-state index in [2.05, 4.69) is 5.32 Å². The minimum Gasteiger partial charge on any atom is -0.490 e. The molecule has 1 atom stereocenters. The Bertz CT molecular complexity index is 495. The molecule has 0 saturated heterocycles. The maximum atomic E-state index is 11.2. The van der Waals surface area contributed by atoms with E-state index in [0.717, 1.165) is 5.56 Å². The fraction of sp³-hybridized carbons (Fsp3) is 0.333. The highest BCUT2D eigenvalue weighted by atomic mass is 16.5. The number of nitriles is 1. The number of amides is 1. The maximum absolute atomic E-state index is 11.2. The van der Waals surface area contributed by atoms with Crippen LogP contribution >= 0.6 is 0 Å². The summed E-state index contributed by atoms with van der Waals surface area (Å²) in [5.41, 5.74) is 0.719. The van der Waals surface area contributed by atoms with Crippen LogP contribution in [0.3, 0.4) is 0 Å². The van der Waals surface area contributed by atoms with Gasteiger partial charge in [-0.1, -0.05) is 0 Å². The van der Waals surface area contributed by atoms with Crippen molar-refractivity contribution in [1.82, 2.24) is 5.32 Å². The van der Waals surface area contributed by atoms with Crippen molar-refractivity contribution < 1.29 is 19.4 Å². The Morgan fingerprint density at radius 1 is 1.67 bits per heavy atom. The van der Waals surface area contributed by atoms with Crippen molar-refractivity contribution in [3.63, 3.8) is 0 Å². The molecule has 2 N–H and O–H groups in total. The van der Waals surface area contributed by atoms with Gasteiger partial charge in [-0.2, -0.15) is 5.26 Å². The SMILES string of the molecule is N#CCNC(=O)COc1ccc2c(c1)OCC2O. The van der Waals surface area contributed by atoms with Gasteiger partial charge in [0, 0.05) is 11.6 Å². The molecule has 6 heteroatoms. The lowest BCUT2D eigenvalue weighted by atomic mass is 10.1. The molecule has 2 rings (SSSR count). The van der Waals surface area contributed by atoms with Gasteiger partial charge in [-0.05, 0) is 12.1 Å². The molecule has 0 radical (unpaired) electrons. The molecule has 18 heavy (non-hydrogen) atoms. The van der Waals surface area contributed by atoms with Crippen LogP contribution in [0.2, 0.25) is 0 Å². The van der Waals surface area contributed by atoms with E-state index in [1.54, 1.807) is 24.3 Å². The first-order valence-corrected chi connectivity index (χ1v) is 5.42. The summed E-state index contributed by atoms with van der Waals surface area (Å²) in [7, 11) is 0. The smallest absolute Gasteiger partial charge is 0.258 e. The molecule has 0 bridgehead atoms. The average molecular weight is 248 g/mol. The van der Waals surface area contributed by atoms with Crippen LogP contribution in [-0.2, 0) is 4.79 Å². The number of carbonyl (C=O) groups is 1. The first kappa shape index (κ1) is 12.2. The van der Waals surface area contributed by atoms with Gasteiger partial charge in [0.15, 0.2) is 6.61 Å². The molecule has 0 spiro atoms. The lowest BCUT2D eigenvalue weighted by Crippen LogP contribution is -2.29. The number of ether oxygens (including phenoxy) is 2. The molecule has 1 heterocycles. The summed E-state index contributed by atoms with van der Waals surface area (Å²) in [6.07, 6.45) is -0.604. The van der Waals surface area contributed by atoms with E-state index >= 15 is 0 Å². The second-order valence-electron chi connectivity index (χ2n) is 3.75. The van der Waals surface area contributed by atoms with Crippen molar-refractivity contribution in [1.29, 1.82) is 5.26 Å². The van der Waals surface area contributed by atoms with Gasteiger partial charge in [-0.25, -0.2) is 0 Å². The maximum Gasteiger partial charge on any atom is 0.258 e. The number of nitrogens with one attached hydrogen (secondary N) is 1. The summed E-state index contributed by atoms with van der Waals surface area (Å²) in [4.78, 5) is 11.2. The third-order valence-electron chi connectivity index (χ3n) is 2.48. The number of nitrogens with zero attached hydrogens (tertiary/aromatic N) is 1. The Hall–Kier alpha value is -2.26. The van der Waals surface area contributed by atoms with E-state index in [4.69, 9.17) is 14.7 Å². The van der Waals surface area contributed by atoms with E-state index in [9.17, 15) is 9.90 Å². The molecule has 1 aromatic carbocycles. The predicted octanol–water partition coefficient (Wildman–Crippen LogP) is 0.131. The minimum atomic E-state index is -0.604. The van der Waals surface area contributed by atoms with Crippen LogP contribution in [0.1, 0.15) is 11.7 Å². The van der Waals surface area contributed by atoms with Crippen molar-refractivity contribution in [2.45, 2.75) is 6.10 Å². The van der Waals surface area contributed by atoms with Crippen molar-refractivity contribution in [2.24, 2.45) is 0 Å². The number of aliphatic hydroxyl groups is 1. The van der Waals surface area contributed by atoms with E-state index in [1.165, 1.54) is 0 Å². The summed E-state index contributed by atoms with van der Waals surface area (Å²) in [6, 6.07) is 6.79. The van der Waals surface area contributed by atoms with Crippen LogP contribution in [0.4, 0.5) is 0 Å². The van der Waals surface area contributed by atoms with Gasteiger partial charge in [0.05, 0.1) is 6.07 Å². The Morgan fingerprint density at radius 2 is 2.50 bits per heavy atom. The Kier molecular flexibility index (Phi) is 3.65. The highest BCUT2D eigenvalue weighted by Crippen LogP contribution is 2.34. The monoisotopic (exact) mass is 248 g/mol. The zero-order valence-electron chi connectivity index (χ0n) is 9.55. The highest BCUT2D eigenvalue weighted by molar-refractivity contribution is 5.77. The number of fused-ring (bicyclic) bond motifs is 1. The van der Waals surface area contributed by atoms with Crippen LogP contribution in [0.15, 0.2) is 18.2 Å². The summed E-state index contributed by atoms with van der Waals surface area (Å²) in [5.74, 6) is 0.686. The van der Waals surface area contributed by atoms with Gasteiger partial charge in [-0.15, -0.1) is 0 Å². The molecule has 94 valence electrons. The summed E-state index contributed by atoms with van der Waals surface area (Å²) < 4.78 is 10.5. The van der Waals surface area contributed by atoms with Crippen LogP contribution in [0.5, 0.6) is 11.5 Å². The van der Waals surface area contributed by atoms with E-state index in [-0.39, 0.29) is 25.7 Å². The van der Waals surface area contributed by atoms with Crippen LogP contribution in [0, 0.1) is 11.3 Å². The molecule has 1 amide bonds. The standard InChI is InChI=1S/C12H12N2O4/c13-3-4-14-12(16)7-17-8-1-2-9-10(15)6-18-11(9)5-8/h1-2,5,10,15H,4,6-7H2,(H,14,16). The van der Waals surface area contributed by atoms with Crippen molar-refractivity contribution in [3.05, 3.63) is 23.8 Å². The van der Waals surface area contributed by atoms with Gasteiger partial charge >= 0.3 is 0 Å². The van der Waals surface area contributed by atoms with Gasteiger partial charge in [0.2, 0.25) is 0 Å². The molecule has 0 fully saturated rings. The second-order valence-corrected chi connectivity index (χ2v) is 3.75. The number of hydrogen-bond donors (Lipinski definition) is 2. The predicted molar refractivity (Wildman–Crippen MR) is 61.0 cm³/mol. The number of hydrogen-bond acceptors (Lipinski definition) is 5.